The number of nitrogens with one attached hydrogen (secondary N) is 1. The highest BCUT2D eigenvalue weighted by atomic mass is 35.5. The van der Waals surface area contributed by atoms with Gasteiger partial charge in [-0.15, -0.1) is 11.6 Å². The number of hydrogen-bond donors (Lipinski definition) is 1. The number of carbonyl (C=O) groups excluding carboxylic acids is 1. The van der Waals surface area contributed by atoms with Gasteiger partial charge in [-0.1, -0.05) is 12.1 Å². The summed E-state index contributed by atoms with van der Waals surface area (Å²) in [5.41, 5.74) is 1.71. The van der Waals surface area contributed by atoms with Gasteiger partial charge in [-0.2, -0.15) is 11.8 Å². The first-order valence-electron chi connectivity index (χ1n) is 4.70. The van der Waals surface area contributed by atoms with Crippen LogP contribution in [-0.4, -0.2) is 24.5 Å². The van der Waals surface area contributed by atoms with Crippen LogP contribution >= 0.6 is 23.4 Å². The first-order chi connectivity index (χ1) is 7.27. The number of alkyl halides is 1. The molecule has 0 bridgehead atoms. The monoisotopic (exact) mass is 243 g/mol. The minimum atomic E-state index is -0.0230. The molecular weight excluding hydrogens is 230 g/mol. The standard InChI is InChI=1S/C11H14ClNOS/c1-15-7-6-13-11(14)10-4-2-9(8-12)3-5-10/h2-5H,6-8H2,1H3,(H,13,14). The lowest BCUT2D eigenvalue weighted by Crippen LogP contribution is -2.25. The summed E-state index contributed by atoms with van der Waals surface area (Å²) in [6, 6.07) is 7.34. The van der Waals surface area contributed by atoms with E-state index in [0.717, 1.165) is 11.3 Å². The van der Waals surface area contributed by atoms with E-state index >= 15 is 0 Å². The van der Waals surface area contributed by atoms with Crippen LogP contribution in [0.2, 0.25) is 0 Å². The molecule has 15 heavy (non-hydrogen) atoms. The Morgan fingerprint density at radius 1 is 1.40 bits per heavy atom. The lowest BCUT2D eigenvalue weighted by molar-refractivity contribution is 0.0956. The highest BCUT2D eigenvalue weighted by Crippen LogP contribution is 2.06. The molecule has 0 aromatic heterocycles. The van der Waals surface area contributed by atoms with E-state index in [1.807, 2.05) is 18.4 Å². The molecule has 0 saturated carbocycles. The van der Waals surface area contributed by atoms with Crippen molar-refractivity contribution >= 4 is 29.3 Å². The number of halogens is 1. The molecule has 0 unspecified atom stereocenters. The number of rotatable bonds is 5. The van der Waals surface area contributed by atoms with Gasteiger partial charge in [0.2, 0.25) is 0 Å². The summed E-state index contributed by atoms with van der Waals surface area (Å²) in [5.74, 6) is 1.39. The zero-order valence-electron chi connectivity index (χ0n) is 8.63. The average Bonchev–Trinajstić information content (AvgIpc) is 2.29. The van der Waals surface area contributed by atoms with Crippen LogP contribution in [0.1, 0.15) is 15.9 Å². The molecule has 1 amide bonds. The Kier molecular flexibility index (Phi) is 5.58. The van der Waals surface area contributed by atoms with Crippen molar-refractivity contribution in [3.05, 3.63) is 35.4 Å². The normalized spacial score (nSPS) is 10.0. The molecule has 0 spiro atoms. The smallest absolute Gasteiger partial charge is 0.251 e. The van der Waals surface area contributed by atoms with Crippen LogP contribution in [0, 0.1) is 0 Å². The minimum Gasteiger partial charge on any atom is -0.351 e. The van der Waals surface area contributed by atoms with Gasteiger partial charge in [0.15, 0.2) is 0 Å². The molecule has 1 N–H and O–H groups in total. The summed E-state index contributed by atoms with van der Waals surface area (Å²) < 4.78 is 0. The fraction of sp³-hybridized carbons (Fsp3) is 0.364. The summed E-state index contributed by atoms with van der Waals surface area (Å²) in [4.78, 5) is 11.6. The molecule has 1 aromatic carbocycles. The summed E-state index contributed by atoms with van der Waals surface area (Å²) in [5, 5.41) is 2.84. The van der Waals surface area contributed by atoms with Crippen molar-refractivity contribution < 1.29 is 4.79 Å². The van der Waals surface area contributed by atoms with Crippen molar-refractivity contribution in [2.75, 3.05) is 18.6 Å². The topological polar surface area (TPSA) is 29.1 Å². The maximum atomic E-state index is 11.6. The minimum absolute atomic E-state index is 0.0230. The molecule has 4 heteroatoms. The third-order valence-electron chi connectivity index (χ3n) is 1.96. The van der Waals surface area contributed by atoms with Crippen molar-refractivity contribution in [2.45, 2.75) is 5.88 Å². The van der Waals surface area contributed by atoms with Crippen LogP contribution in [0.25, 0.3) is 0 Å². The van der Waals surface area contributed by atoms with Gasteiger partial charge in [-0.3, -0.25) is 4.79 Å². The predicted octanol–water partition coefficient (Wildman–Crippen LogP) is 2.52. The molecule has 82 valence electrons. The lowest BCUT2D eigenvalue weighted by atomic mass is 10.1. The van der Waals surface area contributed by atoms with Gasteiger partial charge in [-0.25, -0.2) is 0 Å². The molecule has 0 aliphatic heterocycles. The Bertz CT molecular complexity index is 313. The molecule has 0 fully saturated rings. The van der Waals surface area contributed by atoms with Crippen LogP contribution < -0.4 is 5.32 Å². The lowest BCUT2D eigenvalue weighted by Gasteiger charge is -2.04. The largest absolute Gasteiger partial charge is 0.351 e. The van der Waals surface area contributed by atoms with Crippen LogP contribution in [-0.2, 0) is 5.88 Å². The van der Waals surface area contributed by atoms with E-state index in [9.17, 15) is 4.79 Å². The zero-order valence-corrected chi connectivity index (χ0v) is 10.2. The maximum Gasteiger partial charge on any atom is 0.251 e. The third kappa shape index (κ3) is 4.14. The fourth-order valence-corrected chi connectivity index (χ4v) is 1.60. The van der Waals surface area contributed by atoms with Crippen molar-refractivity contribution in [3.8, 4) is 0 Å². The Morgan fingerprint density at radius 3 is 2.60 bits per heavy atom. The van der Waals surface area contributed by atoms with E-state index in [1.54, 1.807) is 23.9 Å². The molecule has 0 radical (unpaired) electrons. The van der Waals surface area contributed by atoms with Gasteiger partial charge < -0.3 is 5.32 Å². The second-order valence-corrected chi connectivity index (χ2v) is 4.33. The summed E-state index contributed by atoms with van der Waals surface area (Å²) >= 11 is 7.37. The summed E-state index contributed by atoms with van der Waals surface area (Å²) in [7, 11) is 0. The Labute approximate surface area is 99.4 Å². The van der Waals surface area contributed by atoms with Gasteiger partial charge in [0.1, 0.15) is 0 Å². The zero-order chi connectivity index (χ0) is 11.1. The predicted molar refractivity (Wildman–Crippen MR) is 66.7 cm³/mol. The molecule has 0 saturated heterocycles. The van der Waals surface area contributed by atoms with Crippen molar-refractivity contribution in [2.24, 2.45) is 0 Å². The summed E-state index contributed by atoms with van der Waals surface area (Å²) in [6.07, 6.45) is 2.02. The quantitative estimate of drug-likeness (QED) is 0.636. The van der Waals surface area contributed by atoms with Crippen LogP contribution in [0.3, 0.4) is 0 Å². The van der Waals surface area contributed by atoms with Gasteiger partial charge in [0.25, 0.3) is 5.91 Å². The summed E-state index contributed by atoms with van der Waals surface area (Å²) in [6.45, 7) is 0.706. The number of thioether (sulfide) groups is 1. The first-order valence-corrected chi connectivity index (χ1v) is 6.63. The van der Waals surface area contributed by atoms with Gasteiger partial charge in [0, 0.05) is 23.7 Å². The van der Waals surface area contributed by atoms with Crippen LogP contribution in [0.4, 0.5) is 0 Å². The van der Waals surface area contributed by atoms with E-state index in [1.165, 1.54) is 0 Å². The number of carbonyl (C=O) groups is 1. The Balaban J connectivity index is 2.50. The second kappa shape index (κ2) is 6.75. The number of benzene rings is 1. The molecule has 0 heterocycles. The molecule has 0 aliphatic carbocycles. The average molecular weight is 244 g/mol. The van der Waals surface area contributed by atoms with Gasteiger partial charge in [-0.05, 0) is 24.0 Å². The maximum absolute atomic E-state index is 11.6. The Morgan fingerprint density at radius 2 is 2.07 bits per heavy atom. The molecule has 2 nitrogen and oxygen atoms in total. The highest BCUT2D eigenvalue weighted by molar-refractivity contribution is 7.98. The van der Waals surface area contributed by atoms with E-state index in [4.69, 9.17) is 11.6 Å². The van der Waals surface area contributed by atoms with Crippen LogP contribution in [0.5, 0.6) is 0 Å². The van der Waals surface area contributed by atoms with E-state index in [-0.39, 0.29) is 5.91 Å². The molecule has 0 atom stereocenters. The van der Waals surface area contributed by atoms with Gasteiger partial charge in [0.05, 0.1) is 0 Å². The first kappa shape index (κ1) is 12.4. The van der Waals surface area contributed by atoms with Crippen molar-refractivity contribution in [3.63, 3.8) is 0 Å². The molecule has 1 aromatic rings. The van der Waals surface area contributed by atoms with Crippen LogP contribution in [0.15, 0.2) is 24.3 Å². The van der Waals surface area contributed by atoms with E-state index < -0.39 is 0 Å². The van der Waals surface area contributed by atoms with Gasteiger partial charge >= 0.3 is 0 Å². The molecule has 0 aliphatic rings. The third-order valence-corrected chi connectivity index (χ3v) is 2.88. The van der Waals surface area contributed by atoms with E-state index in [0.29, 0.717) is 18.0 Å². The van der Waals surface area contributed by atoms with Crippen molar-refractivity contribution in [1.29, 1.82) is 0 Å². The second-order valence-electron chi connectivity index (χ2n) is 3.08. The number of hydrogen-bond acceptors (Lipinski definition) is 2. The highest BCUT2D eigenvalue weighted by Gasteiger charge is 2.03. The fourth-order valence-electron chi connectivity index (χ4n) is 1.11. The molecule has 1 rings (SSSR count). The number of amides is 1. The molecular formula is C11H14ClNOS. The van der Waals surface area contributed by atoms with E-state index in [2.05, 4.69) is 5.32 Å². The van der Waals surface area contributed by atoms with Crippen molar-refractivity contribution in [1.82, 2.24) is 5.32 Å². The Hall–Kier alpha value is -0.670. The SMILES string of the molecule is CSCCNC(=O)c1ccc(CCl)cc1.